The molecule has 5 atom stereocenters. The molecule has 20 heavy (non-hydrogen) atoms. The van der Waals surface area contributed by atoms with E-state index in [4.69, 9.17) is 0 Å². The number of hydrogen-bond acceptors (Lipinski definition) is 1. The van der Waals surface area contributed by atoms with E-state index in [1.807, 2.05) is 12.1 Å². The van der Waals surface area contributed by atoms with E-state index in [9.17, 15) is 5.11 Å². The van der Waals surface area contributed by atoms with Gasteiger partial charge in [0.15, 0.2) is 0 Å². The predicted molar refractivity (Wildman–Crippen MR) is 81.9 cm³/mol. The molecule has 2 fully saturated rings. The second kappa shape index (κ2) is 4.26. The first-order chi connectivity index (χ1) is 9.59. The molecule has 1 nitrogen and oxygen atoms in total. The molecule has 1 N–H and O–H groups in total. The van der Waals surface area contributed by atoms with Crippen molar-refractivity contribution >= 4 is 0 Å². The fraction of sp³-hybridized carbons (Fsp3) is 0.684. The van der Waals surface area contributed by atoms with Gasteiger partial charge in [-0.2, -0.15) is 0 Å². The molecule has 0 saturated heterocycles. The summed E-state index contributed by atoms with van der Waals surface area (Å²) >= 11 is 0. The molecule has 3 aliphatic carbocycles. The van der Waals surface area contributed by atoms with E-state index in [1.54, 1.807) is 5.56 Å². The number of phenolic OH excluding ortho intramolecular Hbond substituents is 1. The van der Waals surface area contributed by atoms with Crippen LogP contribution in [0.15, 0.2) is 18.2 Å². The Labute approximate surface area is 122 Å². The van der Waals surface area contributed by atoms with Crippen molar-refractivity contribution in [3.63, 3.8) is 0 Å². The highest BCUT2D eigenvalue weighted by atomic mass is 16.3. The normalized spacial score (nSPS) is 42.7. The fourth-order valence-electron chi connectivity index (χ4n) is 5.95. The third kappa shape index (κ3) is 1.61. The maximum atomic E-state index is 9.75. The summed E-state index contributed by atoms with van der Waals surface area (Å²) in [6, 6.07) is 6.13. The average molecular weight is 270 g/mol. The van der Waals surface area contributed by atoms with E-state index in [0.717, 1.165) is 23.7 Å². The van der Waals surface area contributed by atoms with Crippen LogP contribution in [-0.2, 0) is 11.8 Å². The Kier molecular flexibility index (Phi) is 2.71. The highest BCUT2D eigenvalue weighted by Crippen LogP contribution is 2.59. The molecule has 0 aromatic heterocycles. The van der Waals surface area contributed by atoms with Gasteiger partial charge >= 0.3 is 0 Å². The van der Waals surface area contributed by atoms with Gasteiger partial charge < -0.3 is 5.11 Å². The van der Waals surface area contributed by atoms with Crippen LogP contribution >= 0.6 is 0 Å². The summed E-state index contributed by atoms with van der Waals surface area (Å²) in [5.74, 6) is 4.22. The Morgan fingerprint density at radius 3 is 2.80 bits per heavy atom. The molecular weight excluding hydrogens is 244 g/mol. The Morgan fingerprint density at radius 2 is 1.95 bits per heavy atom. The molecule has 0 radical (unpaired) electrons. The first-order valence-corrected chi connectivity index (χ1v) is 8.42. The number of aromatic hydroxyl groups is 1. The molecule has 1 aromatic carbocycles. The second-order valence-corrected chi connectivity index (χ2v) is 7.83. The minimum atomic E-state index is 0.368. The minimum Gasteiger partial charge on any atom is -0.508 e. The van der Waals surface area contributed by atoms with Crippen molar-refractivity contribution in [1.29, 1.82) is 0 Å². The molecule has 0 amide bonds. The molecule has 0 spiro atoms. The molecule has 0 aliphatic heterocycles. The van der Waals surface area contributed by atoms with E-state index < -0.39 is 0 Å². The topological polar surface area (TPSA) is 20.2 Å². The van der Waals surface area contributed by atoms with Crippen LogP contribution in [0.3, 0.4) is 0 Å². The number of aryl methyl sites for hydroxylation is 1. The average Bonchev–Trinajstić information content (AvgIpc) is 2.79. The summed E-state index contributed by atoms with van der Waals surface area (Å²) in [5.41, 5.74) is 3.32. The first-order valence-electron chi connectivity index (χ1n) is 8.42. The minimum absolute atomic E-state index is 0.368. The Balaban J connectivity index is 1.76. The lowest BCUT2D eigenvalue weighted by Gasteiger charge is -2.52. The summed E-state index contributed by atoms with van der Waals surface area (Å²) in [6.07, 6.45) is 8.17. The van der Waals surface area contributed by atoms with Crippen LogP contribution < -0.4 is 0 Å². The van der Waals surface area contributed by atoms with Gasteiger partial charge in [0.2, 0.25) is 0 Å². The van der Waals surface area contributed by atoms with Gasteiger partial charge in [0.1, 0.15) is 5.75 Å². The van der Waals surface area contributed by atoms with Crippen molar-refractivity contribution < 1.29 is 5.11 Å². The zero-order chi connectivity index (χ0) is 13.9. The number of benzene rings is 1. The number of rotatable bonds is 0. The molecule has 108 valence electrons. The van der Waals surface area contributed by atoms with Crippen molar-refractivity contribution in [2.75, 3.05) is 0 Å². The molecule has 0 bridgehead atoms. The van der Waals surface area contributed by atoms with E-state index >= 15 is 0 Å². The summed E-state index contributed by atoms with van der Waals surface area (Å²) in [6.45, 7) is 4.98. The van der Waals surface area contributed by atoms with E-state index in [1.165, 1.54) is 44.1 Å². The van der Waals surface area contributed by atoms with Gasteiger partial charge in [0, 0.05) is 0 Å². The molecule has 4 unspecified atom stereocenters. The molecule has 0 heterocycles. The molecule has 2 saturated carbocycles. The zero-order valence-electron chi connectivity index (χ0n) is 12.7. The summed E-state index contributed by atoms with van der Waals surface area (Å²) in [7, 11) is 0. The standard InChI is InChI=1S/C19H26O/c1-12-3-6-16-15(12)9-10-19(2)17-8-5-14(20)11-13(17)4-7-18(16)19/h5,8,11-12,15-16,18,20H,3-4,6-7,9-10H2,1-2H3/t12?,15?,16?,18?,19-/m1/s1. The van der Waals surface area contributed by atoms with Crippen LogP contribution in [0.1, 0.15) is 57.1 Å². The zero-order valence-corrected chi connectivity index (χ0v) is 12.7. The van der Waals surface area contributed by atoms with Crippen LogP contribution in [0.25, 0.3) is 0 Å². The van der Waals surface area contributed by atoms with Gasteiger partial charge in [-0.05, 0) is 84.5 Å². The molecular formula is C19H26O. The third-order valence-corrected chi connectivity index (χ3v) is 7.00. The second-order valence-electron chi connectivity index (χ2n) is 7.83. The summed E-state index contributed by atoms with van der Waals surface area (Å²) in [4.78, 5) is 0. The number of fused-ring (bicyclic) bond motifs is 5. The van der Waals surface area contributed by atoms with Crippen LogP contribution in [-0.4, -0.2) is 5.11 Å². The first kappa shape index (κ1) is 12.7. The van der Waals surface area contributed by atoms with Crippen molar-refractivity contribution in [3.05, 3.63) is 29.3 Å². The van der Waals surface area contributed by atoms with Gasteiger partial charge in [0.25, 0.3) is 0 Å². The molecule has 1 heteroatoms. The van der Waals surface area contributed by atoms with Crippen LogP contribution in [0.5, 0.6) is 5.75 Å². The summed E-state index contributed by atoms with van der Waals surface area (Å²) in [5, 5.41) is 9.75. The van der Waals surface area contributed by atoms with Crippen LogP contribution in [0.2, 0.25) is 0 Å². The number of hydrogen-bond donors (Lipinski definition) is 1. The lowest BCUT2D eigenvalue weighted by Crippen LogP contribution is -2.46. The maximum Gasteiger partial charge on any atom is 0.115 e. The van der Waals surface area contributed by atoms with E-state index in [2.05, 4.69) is 19.9 Å². The lowest BCUT2D eigenvalue weighted by atomic mass is 9.52. The van der Waals surface area contributed by atoms with Crippen molar-refractivity contribution in [2.45, 2.75) is 57.8 Å². The highest BCUT2D eigenvalue weighted by Gasteiger charge is 2.52. The molecule has 4 rings (SSSR count). The fourth-order valence-corrected chi connectivity index (χ4v) is 5.95. The lowest BCUT2D eigenvalue weighted by molar-refractivity contribution is 0.0617. The van der Waals surface area contributed by atoms with Gasteiger partial charge in [-0.25, -0.2) is 0 Å². The van der Waals surface area contributed by atoms with Gasteiger partial charge in [-0.1, -0.05) is 26.3 Å². The van der Waals surface area contributed by atoms with Gasteiger partial charge in [-0.3, -0.25) is 0 Å². The largest absolute Gasteiger partial charge is 0.508 e. The highest BCUT2D eigenvalue weighted by molar-refractivity contribution is 5.42. The third-order valence-electron chi connectivity index (χ3n) is 7.00. The van der Waals surface area contributed by atoms with Crippen molar-refractivity contribution in [1.82, 2.24) is 0 Å². The van der Waals surface area contributed by atoms with Crippen molar-refractivity contribution in [3.8, 4) is 5.75 Å². The van der Waals surface area contributed by atoms with E-state index in [-0.39, 0.29) is 0 Å². The smallest absolute Gasteiger partial charge is 0.115 e. The van der Waals surface area contributed by atoms with Crippen LogP contribution in [0, 0.1) is 23.7 Å². The van der Waals surface area contributed by atoms with Gasteiger partial charge in [0.05, 0.1) is 0 Å². The Bertz CT molecular complexity index is 535. The predicted octanol–water partition coefficient (Wildman–Crippen LogP) is 4.67. The molecule has 1 aromatic rings. The Hall–Kier alpha value is -0.980. The van der Waals surface area contributed by atoms with Crippen molar-refractivity contribution in [2.24, 2.45) is 23.7 Å². The van der Waals surface area contributed by atoms with Crippen LogP contribution in [0.4, 0.5) is 0 Å². The van der Waals surface area contributed by atoms with Gasteiger partial charge in [-0.15, -0.1) is 0 Å². The Morgan fingerprint density at radius 1 is 1.10 bits per heavy atom. The number of phenols is 1. The molecule has 3 aliphatic rings. The SMILES string of the molecule is CC1CCC2C1CC[C@]1(C)c3ccc(O)cc3CCC21. The maximum absolute atomic E-state index is 9.75. The monoisotopic (exact) mass is 270 g/mol. The summed E-state index contributed by atoms with van der Waals surface area (Å²) < 4.78 is 0. The van der Waals surface area contributed by atoms with E-state index in [0.29, 0.717) is 11.2 Å². The quantitative estimate of drug-likeness (QED) is 0.726.